The number of hydrogen-bond donors (Lipinski definition) is 1. The van der Waals surface area contributed by atoms with Crippen molar-refractivity contribution in [2.24, 2.45) is 5.41 Å². The van der Waals surface area contributed by atoms with Crippen LogP contribution in [-0.2, 0) is 4.74 Å². The van der Waals surface area contributed by atoms with Crippen LogP contribution in [0.4, 0.5) is 10.5 Å². The molecule has 0 radical (unpaired) electrons. The molecule has 2 aromatic rings. The lowest BCUT2D eigenvalue weighted by atomic mass is 9.81. The molecule has 1 N–H and O–H groups in total. The van der Waals surface area contributed by atoms with Gasteiger partial charge in [-0.25, -0.2) is 4.79 Å². The Balaban J connectivity index is 1.89. The molecule has 1 fully saturated rings. The summed E-state index contributed by atoms with van der Waals surface area (Å²) in [5.74, 6) is 0. The van der Waals surface area contributed by atoms with Crippen LogP contribution < -0.4 is 10.2 Å². The third-order valence-corrected chi connectivity index (χ3v) is 4.79. The van der Waals surface area contributed by atoms with E-state index in [1.807, 2.05) is 45.0 Å². The molecule has 1 aromatic heterocycles. The zero-order valence-electron chi connectivity index (χ0n) is 17.2. The number of alkyl carbamates (subject to hydrolysis) is 1. The normalized spacial score (nSPS) is 19.1. The minimum Gasteiger partial charge on any atom is -0.444 e. The lowest BCUT2D eigenvalue weighted by Crippen LogP contribution is -2.54. The maximum Gasteiger partial charge on any atom is 0.407 e. The topological polar surface area (TPSA) is 78.2 Å². The fourth-order valence-electron chi connectivity index (χ4n) is 3.92. The molecule has 3 rings (SSSR count). The molecule has 1 saturated heterocycles. The number of benzene rings is 1. The summed E-state index contributed by atoms with van der Waals surface area (Å²) in [6.07, 6.45) is 2.19. The van der Waals surface area contributed by atoms with E-state index in [-0.39, 0.29) is 17.6 Å². The lowest BCUT2D eigenvalue weighted by Gasteiger charge is -2.44. The van der Waals surface area contributed by atoms with Crippen LogP contribution in [0.15, 0.2) is 30.5 Å². The van der Waals surface area contributed by atoms with Gasteiger partial charge < -0.3 is 15.0 Å². The highest BCUT2D eigenvalue weighted by molar-refractivity contribution is 5.95. The van der Waals surface area contributed by atoms with Crippen molar-refractivity contribution in [1.82, 2.24) is 10.3 Å². The van der Waals surface area contributed by atoms with E-state index in [0.29, 0.717) is 17.6 Å². The summed E-state index contributed by atoms with van der Waals surface area (Å²) in [6, 6.07) is 9.88. The molecule has 0 spiro atoms. The number of carbonyl (C=O) groups is 1. The summed E-state index contributed by atoms with van der Waals surface area (Å²) in [7, 11) is 0. The van der Waals surface area contributed by atoms with Gasteiger partial charge in [0.2, 0.25) is 0 Å². The first-order valence-electron chi connectivity index (χ1n) is 9.60. The molecule has 1 aliphatic rings. The fourth-order valence-corrected chi connectivity index (χ4v) is 3.92. The number of rotatable bonds is 2. The van der Waals surface area contributed by atoms with Gasteiger partial charge in [0.05, 0.1) is 17.1 Å². The predicted octanol–water partition coefficient (Wildman–Crippen LogP) is 4.24. The number of nitrogens with zero attached hydrogens (tertiary/aromatic N) is 3. The molecule has 0 bridgehead atoms. The zero-order chi connectivity index (χ0) is 20.5. The van der Waals surface area contributed by atoms with Gasteiger partial charge in [0.1, 0.15) is 11.7 Å². The molecule has 6 heteroatoms. The van der Waals surface area contributed by atoms with Gasteiger partial charge in [-0.15, -0.1) is 0 Å². The molecule has 0 unspecified atom stereocenters. The van der Waals surface area contributed by atoms with Crippen molar-refractivity contribution in [1.29, 1.82) is 5.26 Å². The van der Waals surface area contributed by atoms with Gasteiger partial charge in [-0.05, 0) is 56.9 Å². The van der Waals surface area contributed by atoms with E-state index in [2.05, 4.69) is 35.1 Å². The van der Waals surface area contributed by atoms with Crippen molar-refractivity contribution in [3.63, 3.8) is 0 Å². The first-order valence-corrected chi connectivity index (χ1v) is 9.60. The highest BCUT2D eigenvalue weighted by Crippen LogP contribution is 2.35. The van der Waals surface area contributed by atoms with Crippen molar-refractivity contribution >= 4 is 22.7 Å². The standard InChI is InChI=1S/C22H28N4O2/c1-21(2,3)28-20(27)25-16-11-22(4,5)14-26(13-16)18-9-8-15(12-23)19-17(18)7-6-10-24-19/h6-10,16H,11,13-14H2,1-5H3,(H,25,27)/t16-/m1/s1. The summed E-state index contributed by atoms with van der Waals surface area (Å²) in [5.41, 5.74) is 1.80. The Kier molecular flexibility index (Phi) is 5.20. The van der Waals surface area contributed by atoms with Crippen molar-refractivity contribution in [3.05, 3.63) is 36.0 Å². The van der Waals surface area contributed by atoms with Crippen LogP contribution in [0.1, 0.15) is 46.6 Å². The maximum absolute atomic E-state index is 12.3. The number of fused-ring (bicyclic) bond motifs is 1. The average molecular weight is 380 g/mol. The Morgan fingerprint density at radius 3 is 2.79 bits per heavy atom. The van der Waals surface area contributed by atoms with Gasteiger partial charge in [0.15, 0.2) is 0 Å². The fraction of sp³-hybridized carbons (Fsp3) is 0.500. The maximum atomic E-state index is 12.3. The van der Waals surface area contributed by atoms with E-state index in [0.717, 1.165) is 24.0 Å². The third-order valence-electron chi connectivity index (χ3n) is 4.79. The van der Waals surface area contributed by atoms with E-state index in [4.69, 9.17) is 4.74 Å². The number of aromatic nitrogens is 1. The van der Waals surface area contributed by atoms with Crippen LogP contribution in [0.25, 0.3) is 10.9 Å². The van der Waals surface area contributed by atoms with Gasteiger partial charge in [0.25, 0.3) is 0 Å². The van der Waals surface area contributed by atoms with Crippen molar-refractivity contribution < 1.29 is 9.53 Å². The minimum absolute atomic E-state index is 0.0142. The first-order chi connectivity index (χ1) is 13.1. The molecule has 6 nitrogen and oxygen atoms in total. The molecular weight excluding hydrogens is 352 g/mol. The molecule has 1 atom stereocenters. The number of nitrogens with one attached hydrogen (secondary N) is 1. The second-order valence-corrected chi connectivity index (χ2v) is 9.24. The molecule has 28 heavy (non-hydrogen) atoms. The number of nitriles is 1. The summed E-state index contributed by atoms with van der Waals surface area (Å²) in [5, 5.41) is 13.4. The third kappa shape index (κ3) is 4.53. The largest absolute Gasteiger partial charge is 0.444 e. The first kappa shape index (κ1) is 19.9. The molecule has 2 heterocycles. The Bertz CT molecular complexity index is 924. The molecule has 1 amide bonds. The number of amides is 1. The van der Waals surface area contributed by atoms with E-state index in [1.54, 1.807) is 6.20 Å². The number of pyridine rings is 1. The van der Waals surface area contributed by atoms with Crippen LogP contribution in [-0.4, -0.2) is 35.8 Å². The van der Waals surface area contributed by atoms with Crippen LogP contribution in [0.2, 0.25) is 0 Å². The van der Waals surface area contributed by atoms with E-state index >= 15 is 0 Å². The molecule has 0 saturated carbocycles. The van der Waals surface area contributed by atoms with Crippen LogP contribution in [0.5, 0.6) is 0 Å². The second kappa shape index (κ2) is 7.31. The molecule has 148 valence electrons. The Morgan fingerprint density at radius 2 is 2.11 bits per heavy atom. The SMILES string of the molecule is CC1(C)C[C@@H](NC(=O)OC(C)(C)C)CN(c2ccc(C#N)c3ncccc23)C1. The Labute approximate surface area is 166 Å². The molecule has 1 aromatic carbocycles. The van der Waals surface area contributed by atoms with Crippen molar-refractivity contribution in [2.45, 2.75) is 52.7 Å². The lowest BCUT2D eigenvalue weighted by molar-refractivity contribution is 0.0484. The van der Waals surface area contributed by atoms with Gasteiger partial charge in [-0.3, -0.25) is 4.98 Å². The van der Waals surface area contributed by atoms with Gasteiger partial charge in [-0.2, -0.15) is 5.26 Å². The van der Waals surface area contributed by atoms with Gasteiger partial charge in [-0.1, -0.05) is 13.8 Å². The summed E-state index contributed by atoms with van der Waals surface area (Å²) < 4.78 is 5.44. The monoisotopic (exact) mass is 380 g/mol. The van der Waals surface area contributed by atoms with Crippen LogP contribution >= 0.6 is 0 Å². The number of carbonyl (C=O) groups excluding carboxylic acids is 1. The highest BCUT2D eigenvalue weighted by Gasteiger charge is 2.35. The minimum atomic E-state index is -0.525. The smallest absolute Gasteiger partial charge is 0.407 e. The molecule has 1 aliphatic heterocycles. The molecule has 0 aliphatic carbocycles. The number of hydrogen-bond acceptors (Lipinski definition) is 5. The zero-order valence-corrected chi connectivity index (χ0v) is 17.2. The predicted molar refractivity (Wildman–Crippen MR) is 110 cm³/mol. The van der Waals surface area contributed by atoms with Gasteiger partial charge >= 0.3 is 6.09 Å². The van der Waals surface area contributed by atoms with E-state index in [1.165, 1.54) is 0 Å². The van der Waals surface area contributed by atoms with Crippen LogP contribution in [0, 0.1) is 16.7 Å². The van der Waals surface area contributed by atoms with E-state index in [9.17, 15) is 10.1 Å². The van der Waals surface area contributed by atoms with Crippen molar-refractivity contribution in [2.75, 3.05) is 18.0 Å². The number of anilines is 1. The van der Waals surface area contributed by atoms with E-state index < -0.39 is 5.60 Å². The Morgan fingerprint density at radius 1 is 1.36 bits per heavy atom. The Hall–Kier alpha value is -2.81. The van der Waals surface area contributed by atoms with Crippen molar-refractivity contribution in [3.8, 4) is 6.07 Å². The number of ether oxygens (including phenoxy) is 1. The highest BCUT2D eigenvalue weighted by atomic mass is 16.6. The summed E-state index contributed by atoms with van der Waals surface area (Å²) >= 11 is 0. The van der Waals surface area contributed by atoms with Crippen LogP contribution in [0.3, 0.4) is 0 Å². The summed E-state index contributed by atoms with van der Waals surface area (Å²) in [4.78, 5) is 19.0. The van der Waals surface area contributed by atoms with Gasteiger partial charge in [0, 0.05) is 30.4 Å². The molecular formula is C22H28N4O2. The summed E-state index contributed by atoms with van der Waals surface area (Å²) in [6.45, 7) is 11.5. The number of piperidine rings is 1. The second-order valence-electron chi connectivity index (χ2n) is 9.24. The quantitative estimate of drug-likeness (QED) is 0.843. The average Bonchev–Trinajstić information content (AvgIpc) is 2.57.